The molecule has 0 radical (unpaired) electrons. The maximum absolute atomic E-state index is 3.55. The lowest BCUT2D eigenvalue weighted by atomic mass is 10.0. The molecule has 0 aromatic heterocycles. The van der Waals surface area contributed by atoms with E-state index in [0.29, 0.717) is 6.04 Å². The lowest BCUT2D eigenvalue weighted by molar-refractivity contribution is 0.603. The van der Waals surface area contributed by atoms with E-state index in [2.05, 4.69) is 48.3 Å². The summed E-state index contributed by atoms with van der Waals surface area (Å²) in [7, 11) is 0. The fourth-order valence-corrected chi connectivity index (χ4v) is 2.65. The number of benzene rings is 1. The van der Waals surface area contributed by atoms with Gasteiger partial charge in [-0.1, -0.05) is 12.1 Å². The largest absolute Gasteiger partial charge is 0.372 e. The molecule has 2 nitrogen and oxygen atoms in total. The number of rotatable bonds is 5. The van der Waals surface area contributed by atoms with Gasteiger partial charge in [0.15, 0.2) is 0 Å². The summed E-state index contributed by atoms with van der Waals surface area (Å²) in [5, 5.41) is 3.55. The van der Waals surface area contributed by atoms with Gasteiger partial charge in [0.2, 0.25) is 0 Å². The first kappa shape index (κ1) is 12.4. The molecule has 94 valence electrons. The third-order valence-corrected chi connectivity index (χ3v) is 3.71. The molecule has 0 spiro atoms. The van der Waals surface area contributed by atoms with E-state index in [4.69, 9.17) is 0 Å². The van der Waals surface area contributed by atoms with Crippen LogP contribution in [0.2, 0.25) is 0 Å². The molecule has 1 heterocycles. The van der Waals surface area contributed by atoms with Crippen LogP contribution in [0.5, 0.6) is 0 Å². The van der Waals surface area contributed by atoms with Crippen molar-refractivity contribution >= 4 is 5.69 Å². The molecule has 1 unspecified atom stereocenters. The Bertz CT molecular complexity index is 321. The SMILES string of the molecule is CCN(CC)c1ccc(CC2CCCN2)cc1. The van der Waals surface area contributed by atoms with E-state index in [1.165, 1.54) is 37.1 Å². The van der Waals surface area contributed by atoms with E-state index in [-0.39, 0.29) is 0 Å². The second-order valence-corrected chi connectivity index (χ2v) is 4.84. The Balaban J connectivity index is 1.96. The van der Waals surface area contributed by atoms with E-state index in [1.807, 2.05) is 0 Å². The van der Waals surface area contributed by atoms with Gasteiger partial charge in [-0.3, -0.25) is 0 Å². The topological polar surface area (TPSA) is 15.3 Å². The number of hydrogen-bond acceptors (Lipinski definition) is 2. The maximum Gasteiger partial charge on any atom is 0.0366 e. The summed E-state index contributed by atoms with van der Waals surface area (Å²) in [5.74, 6) is 0. The van der Waals surface area contributed by atoms with E-state index < -0.39 is 0 Å². The monoisotopic (exact) mass is 232 g/mol. The highest BCUT2D eigenvalue weighted by atomic mass is 15.1. The first-order chi connectivity index (χ1) is 8.33. The normalized spacial score (nSPS) is 19.5. The first-order valence-corrected chi connectivity index (χ1v) is 6.90. The van der Waals surface area contributed by atoms with Crippen molar-refractivity contribution < 1.29 is 0 Å². The van der Waals surface area contributed by atoms with Gasteiger partial charge in [-0.15, -0.1) is 0 Å². The molecule has 1 N–H and O–H groups in total. The van der Waals surface area contributed by atoms with Gasteiger partial charge in [0, 0.05) is 24.8 Å². The zero-order valence-electron chi connectivity index (χ0n) is 11.1. The van der Waals surface area contributed by atoms with E-state index in [0.717, 1.165) is 13.1 Å². The van der Waals surface area contributed by atoms with Gasteiger partial charge in [-0.2, -0.15) is 0 Å². The Morgan fingerprint density at radius 2 is 1.88 bits per heavy atom. The minimum Gasteiger partial charge on any atom is -0.372 e. The third-order valence-electron chi connectivity index (χ3n) is 3.71. The molecule has 0 aliphatic carbocycles. The third kappa shape index (κ3) is 3.22. The van der Waals surface area contributed by atoms with Crippen LogP contribution in [-0.4, -0.2) is 25.7 Å². The number of nitrogens with one attached hydrogen (secondary N) is 1. The Hall–Kier alpha value is -1.02. The van der Waals surface area contributed by atoms with Crippen LogP contribution >= 0.6 is 0 Å². The van der Waals surface area contributed by atoms with Crippen molar-refractivity contribution in [3.8, 4) is 0 Å². The number of hydrogen-bond donors (Lipinski definition) is 1. The molecule has 1 aromatic carbocycles. The van der Waals surface area contributed by atoms with Gasteiger partial charge in [0.05, 0.1) is 0 Å². The van der Waals surface area contributed by atoms with Gasteiger partial charge < -0.3 is 10.2 Å². The first-order valence-electron chi connectivity index (χ1n) is 6.90. The number of nitrogens with zero attached hydrogens (tertiary/aromatic N) is 1. The predicted octanol–water partition coefficient (Wildman–Crippen LogP) is 2.83. The zero-order chi connectivity index (χ0) is 12.1. The summed E-state index contributed by atoms with van der Waals surface area (Å²) in [6, 6.07) is 9.80. The van der Waals surface area contributed by atoms with Crippen molar-refractivity contribution in [3.63, 3.8) is 0 Å². The highest BCUT2D eigenvalue weighted by Gasteiger charge is 2.14. The van der Waals surface area contributed by atoms with Crippen molar-refractivity contribution in [1.82, 2.24) is 5.32 Å². The Kier molecular flexibility index (Phi) is 4.43. The van der Waals surface area contributed by atoms with Crippen LogP contribution < -0.4 is 10.2 Å². The molecule has 2 rings (SSSR count). The van der Waals surface area contributed by atoms with Gasteiger partial charge in [0.25, 0.3) is 0 Å². The minimum absolute atomic E-state index is 0.703. The summed E-state index contributed by atoms with van der Waals surface area (Å²) >= 11 is 0. The van der Waals surface area contributed by atoms with Gasteiger partial charge in [-0.05, 0) is 57.4 Å². The molecular formula is C15H24N2. The summed E-state index contributed by atoms with van der Waals surface area (Å²) < 4.78 is 0. The standard InChI is InChI=1S/C15H24N2/c1-3-17(4-2)15-9-7-13(8-10-15)12-14-6-5-11-16-14/h7-10,14,16H,3-6,11-12H2,1-2H3. The molecule has 0 amide bonds. The van der Waals surface area contributed by atoms with Crippen LogP contribution in [0.1, 0.15) is 32.3 Å². The van der Waals surface area contributed by atoms with Crippen molar-refractivity contribution in [2.45, 2.75) is 39.2 Å². The smallest absolute Gasteiger partial charge is 0.0366 e. The summed E-state index contributed by atoms with van der Waals surface area (Å²) in [4.78, 5) is 2.39. The molecule has 2 heteroatoms. The van der Waals surface area contributed by atoms with E-state index >= 15 is 0 Å². The molecule has 1 aromatic rings. The van der Waals surface area contributed by atoms with Gasteiger partial charge in [-0.25, -0.2) is 0 Å². The van der Waals surface area contributed by atoms with Crippen LogP contribution in [0, 0.1) is 0 Å². The molecule has 0 saturated carbocycles. The minimum atomic E-state index is 0.703. The molecule has 1 saturated heterocycles. The van der Waals surface area contributed by atoms with Gasteiger partial charge in [0.1, 0.15) is 0 Å². The Labute approximate surface area is 105 Å². The lowest BCUT2D eigenvalue weighted by Crippen LogP contribution is -2.24. The fraction of sp³-hybridized carbons (Fsp3) is 0.600. The molecule has 1 aliphatic rings. The van der Waals surface area contributed by atoms with Crippen LogP contribution in [0.3, 0.4) is 0 Å². The van der Waals surface area contributed by atoms with Crippen molar-refractivity contribution in [1.29, 1.82) is 0 Å². The van der Waals surface area contributed by atoms with E-state index in [1.54, 1.807) is 0 Å². The average Bonchev–Trinajstić information content (AvgIpc) is 2.86. The fourth-order valence-electron chi connectivity index (χ4n) is 2.65. The quantitative estimate of drug-likeness (QED) is 0.840. The van der Waals surface area contributed by atoms with Crippen LogP contribution in [0.25, 0.3) is 0 Å². The van der Waals surface area contributed by atoms with Crippen LogP contribution in [-0.2, 0) is 6.42 Å². The zero-order valence-corrected chi connectivity index (χ0v) is 11.1. The van der Waals surface area contributed by atoms with E-state index in [9.17, 15) is 0 Å². The van der Waals surface area contributed by atoms with Crippen LogP contribution in [0.4, 0.5) is 5.69 Å². The summed E-state index contributed by atoms with van der Waals surface area (Å²) in [5.41, 5.74) is 2.80. The van der Waals surface area contributed by atoms with Crippen molar-refractivity contribution in [3.05, 3.63) is 29.8 Å². The number of anilines is 1. The molecule has 1 atom stereocenters. The highest BCUT2D eigenvalue weighted by molar-refractivity contribution is 5.47. The highest BCUT2D eigenvalue weighted by Crippen LogP contribution is 2.17. The van der Waals surface area contributed by atoms with Crippen molar-refractivity contribution in [2.75, 3.05) is 24.5 Å². The molecule has 0 bridgehead atoms. The van der Waals surface area contributed by atoms with Crippen LogP contribution in [0.15, 0.2) is 24.3 Å². The van der Waals surface area contributed by atoms with Crippen molar-refractivity contribution in [2.24, 2.45) is 0 Å². The molecule has 1 fully saturated rings. The Morgan fingerprint density at radius 1 is 1.18 bits per heavy atom. The lowest BCUT2D eigenvalue weighted by Gasteiger charge is -2.21. The summed E-state index contributed by atoms with van der Waals surface area (Å²) in [6.07, 6.45) is 3.85. The second-order valence-electron chi connectivity index (χ2n) is 4.84. The maximum atomic E-state index is 3.55. The summed E-state index contributed by atoms with van der Waals surface area (Å²) in [6.45, 7) is 7.78. The average molecular weight is 232 g/mol. The molecular weight excluding hydrogens is 208 g/mol. The second kappa shape index (κ2) is 6.06. The molecule has 1 aliphatic heterocycles. The molecule has 17 heavy (non-hydrogen) atoms. The van der Waals surface area contributed by atoms with Gasteiger partial charge >= 0.3 is 0 Å². The predicted molar refractivity (Wildman–Crippen MR) is 74.7 cm³/mol. The Morgan fingerprint density at radius 3 is 2.41 bits per heavy atom.